The normalized spacial score (nSPS) is 11.6. The second kappa shape index (κ2) is 6.30. The number of ketones is 1. The van der Waals surface area contributed by atoms with Gasteiger partial charge < -0.3 is 4.42 Å². The van der Waals surface area contributed by atoms with Crippen LogP contribution in [0, 0.1) is 5.41 Å². The van der Waals surface area contributed by atoms with Gasteiger partial charge in [-0.25, -0.2) is 0 Å². The Bertz CT molecular complexity index is 624. The van der Waals surface area contributed by atoms with E-state index in [4.69, 9.17) is 4.42 Å². The van der Waals surface area contributed by atoms with E-state index in [1.165, 1.54) is 11.8 Å². The highest BCUT2D eigenvalue weighted by molar-refractivity contribution is 7.99. The van der Waals surface area contributed by atoms with Crippen LogP contribution < -0.4 is 0 Å². The van der Waals surface area contributed by atoms with Gasteiger partial charge in [0.1, 0.15) is 5.78 Å². The lowest BCUT2D eigenvalue weighted by atomic mass is 9.92. The highest BCUT2D eigenvalue weighted by Crippen LogP contribution is 2.26. The molecule has 0 saturated carbocycles. The van der Waals surface area contributed by atoms with Gasteiger partial charge in [0.2, 0.25) is 5.82 Å². The van der Waals surface area contributed by atoms with E-state index in [2.05, 4.69) is 16.8 Å². The minimum absolute atomic E-state index is 0.181. The summed E-state index contributed by atoms with van der Waals surface area (Å²) in [4.78, 5) is 12.0. The van der Waals surface area contributed by atoms with Crippen molar-refractivity contribution in [1.29, 1.82) is 0 Å². The zero-order valence-electron chi connectivity index (χ0n) is 12.5. The van der Waals surface area contributed by atoms with E-state index in [0.717, 1.165) is 0 Å². The topological polar surface area (TPSA) is 60.9 Å². The average Bonchev–Trinajstić information content (AvgIpc) is 3.04. The van der Waals surface area contributed by atoms with Crippen LogP contribution in [0.3, 0.4) is 0 Å². The standard InChI is InChI=1S/C15H19N3O2S/c1-5-8-18-13(11-7-6-9-20-11)16-17-14(18)21-10-12(19)15(2,3)4/h5-7,9H,1,8,10H2,2-4H3. The van der Waals surface area contributed by atoms with Crippen LogP contribution in [0.5, 0.6) is 0 Å². The smallest absolute Gasteiger partial charge is 0.200 e. The van der Waals surface area contributed by atoms with E-state index in [1.807, 2.05) is 31.4 Å². The first-order valence-electron chi connectivity index (χ1n) is 6.67. The Morgan fingerprint density at radius 1 is 1.48 bits per heavy atom. The van der Waals surface area contributed by atoms with E-state index in [9.17, 15) is 4.79 Å². The Morgan fingerprint density at radius 2 is 2.24 bits per heavy atom. The summed E-state index contributed by atoms with van der Waals surface area (Å²) in [6.07, 6.45) is 3.36. The van der Waals surface area contributed by atoms with Crippen molar-refractivity contribution < 1.29 is 9.21 Å². The minimum Gasteiger partial charge on any atom is -0.461 e. The molecule has 0 bridgehead atoms. The second-order valence-corrected chi connectivity index (χ2v) is 6.59. The number of nitrogens with zero attached hydrogens (tertiary/aromatic N) is 3. The molecule has 0 spiro atoms. The first-order valence-corrected chi connectivity index (χ1v) is 7.66. The van der Waals surface area contributed by atoms with Gasteiger partial charge in [0.05, 0.1) is 12.0 Å². The molecule has 0 aromatic carbocycles. The summed E-state index contributed by atoms with van der Waals surface area (Å²) in [5, 5.41) is 9.01. The lowest BCUT2D eigenvalue weighted by molar-refractivity contribution is -0.123. The lowest BCUT2D eigenvalue weighted by Crippen LogP contribution is -2.22. The SMILES string of the molecule is C=CCn1c(SCC(=O)C(C)(C)C)nnc1-c1ccco1. The summed E-state index contributed by atoms with van der Waals surface area (Å²) < 4.78 is 7.26. The van der Waals surface area contributed by atoms with Crippen LogP contribution >= 0.6 is 11.8 Å². The Labute approximate surface area is 128 Å². The van der Waals surface area contributed by atoms with Crippen LogP contribution in [-0.2, 0) is 11.3 Å². The third kappa shape index (κ3) is 3.64. The van der Waals surface area contributed by atoms with Gasteiger partial charge in [-0.2, -0.15) is 0 Å². The summed E-state index contributed by atoms with van der Waals surface area (Å²) in [6.45, 7) is 10.1. The molecule has 0 fully saturated rings. The third-order valence-corrected chi connectivity index (χ3v) is 3.91. The highest BCUT2D eigenvalue weighted by Gasteiger charge is 2.23. The molecule has 2 aromatic heterocycles. The molecule has 0 aliphatic rings. The van der Waals surface area contributed by atoms with Gasteiger partial charge in [-0.15, -0.1) is 16.8 Å². The first-order chi connectivity index (χ1) is 9.93. The Hall–Kier alpha value is -1.82. The molecule has 112 valence electrons. The van der Waals surface area contributed by atoms with Gasteiger partial charge in [0.25, 0.3) is 0 Å². The molecule has 0 unspecified atom stereocenters. The molecule has 21 heavy (non-hydrogen) atoms. The van der Waals surface area contributed by atoms with E-state index in [1.54, 1.807) is 18.4 Å². The number of carbonyl (C=O) groups excluding carboxylic acids is 1. The molecule has 0 saturated heterocycles. The predicted octanol–water partition coefficient (Wildman–Crippen LogP) is 3.43. The number of thioether (sulfide) groups is 1. The molecule has 5 nitrogen and oxygen atoms in total. The van der Waals surface area contributed by atoms with Crippen molar-refractivity contribution in [3.8, 4) is 11.6 Å². The van der Waals surface area contributed by atoms with Crippen LogP contribution in [0.2, 0.25) is 0 Å². The fourth-order valence-corrected chi connectivity index (χ4v) is 2.73. The maximum Gasteiger partial charge on any atom is 0.200 e. The third-order valence-electron chi connectivity index (χ3n) is 2.94. The van der Waals surface area contributed by atoms with Crippen LogP contribution in [0.15, 0.2) is 40.6 Å². The van der Waals surface area contributed by atoms with Crippen molar-refractivity contribution in [2.45, 2.75) is 32.5 Å². The van der Waals surface area contributed by atoms with Crippen molar-refractivity contribution in [2.24, 2.45) is 5.41 Å². The number of aromatic nitrogens is 3. The number of furan rings is 1. The quantitative estimate of drug-likeness (QED) is 0.604. The summed E-state index contributed by atoms with van der Waals surface area (Å²) >= 11 is 1.39. The number of rotatable bonds is 6. The fourth-order valence-electron chi connectivity index (χ4n) is 1.62. The molecule has 0 radical (unpaired) electrons. The fraction of sp³-hybridized carbons (Fsp3) is 0.400. The van der Waals surface area contributed by atoms with E-state index in [0.29, 0.717) is 29.0 Å². The Balaban J connectivity index is 2.20. The van der Waals surface area contributed by atoms with Crippen LogP contribution in [0.4, 0.5) is 0 Å². The zero-order valence-corrected chi connectivity index (χ0v) is 13.3. The predicted molar refractivity (Wildman–Crippen MR) is 83.1 cm³/mol. The number of hydrogen-bond acceptors (Lipinski definition) is 5. The Morgan fingerprint density at radius 3 is 2.81 bits per heavy atom. The molecule has 0 aliphatic heterocycles. The van der Waals surface area contributed by atoms with Crippen molar-refractivity contribution in [3.05, 3.63) is 31.1 Å². The van der Waals surface area contributed by atoms with Crippen molar-refractivity contribution in [1.82, 2.24) is 14.8 Å². The van der Waals surface area contributed by atoms with E-state index >= 15 is 0 Å². The first kappa shape index (κ1) is 15.6. The molecule has 0 atom stereocenters. The van der Waals surface area contributed by atoms with Gasteiger partial charge in [0, 0.05) is 12.0 Å². The Kier molecular flexibility index (Phi) is 4.67. The van der Waals surface area contributed by atoms with Crippen molar-refractivity contribution in [2.75, 3.05) is 5.75 Å². The minimum atomic E-state index is -0.347. The summed E-state index contributed by atoms with van der Waals surface area (Å²) in [5.41, 5.74) is -0.347. The van der Waals surface area contributed by atoms with Crippen LogP contribution in [0.1, 0.15) is 20.8 Å². The molecule has 2 heterocycles. The second-order valence-electron chi connectivity index (χ2n) is 5.64. The monoisotopic (exact) mass is 305 g/mol. The summed E-state index contributed by atoms with van der Waals surface area (Å²) in [7, 11) is 0. The van der Waals surface area contributed by atoms with Crippen molar-refractivity contribution >= 4 is 17.5 Å². The maximum atomic E-state index is 12.0. The van der Waals surface area contributed by atoms with Gasteiger partial charge in [-0.05, 0) is 12.1 Å². The molecular formula is C15H19N3O2S. The molecular weight excluding hydrogens is 286 g/mol. The van der Waals surface area contributed by atoms with Crippen LogP contribution in [0.25, 0.3) is 11.6 Å². The van der Waals surface area contributed by atoms with E-state index in [-0.39, 0.29) is 11.2 Å². The molecule has 6 heteroatoms. The molecule has 2 aromatic rings. The number of Topliss-reactive ketones (excluding diaryl/α,β-unsaturated/α-hetero) is 1. The van der Waals surface area contributed by atoms with Gasteiger partial charge in [0.15, 0.2) is 10.9 Å². The number of carbonyl (C=O) groups is 1. The number of hydrogen-bond donors (Lipinski definition) is 0. The van der Waals surface area contributed by atoms with E-state index < -0.39 is 0 Å². The highest BCUT2D eigenvalue weighted by atomic mass is 32.2. The molecule has 0 aliphatic carbocycles. The molecule has 2 rings (SSSR count). The maximum absolute atomic E-state index is 12.0. The van der Waals surface area contributed by atoms with Gasteiger partial charge in [-0.1, -0.05) is 38.6 Å². The zero-order chi connectivity index (χ0) is 15.5. The summed E-state index contributed by atoms with van der Waals surface area (Å²) in [6, 6.07) is 3.64. The lowest BCUT2D eigenvalue weighted by Gasteiger charge is -2.15. The molecule has 0 N–H and O–H groups in total. The van der Waals surface area contributed by atoms with Crippen molar-refractivity contribution in [3.63, 3.8) is 0 Å². The number of allylic oxidation sites excluding steroid dienone is 1. The largest absolute Gasteiger partial charge is 0.461 e. The van der Waals surface area contributed by atoms with Gasteiger partial charge in [-0.3, -0.25) is 9.36 Å². The van der Waals surface area contributed by atoms with Gasteiger partial charge >= 0.3 is 0 Å². The average molecular weight is 305 g/mol. The summed E-state index contributed by atoms with van der Waals surface area (Å²) in [5.74, 6) is 1.85. The molecule has 0 amide bonds. The van der Waals surface area contributed by atoms with Crippen LogP contribution in [-0.4, -0.2) is 26.3 Å².